The molecule has 0 aromatic carbocycles. The van der Waals surface area contributed by atoms with Gasteiger partial charge >= 0.3 is 41.0 Å². The van der Waals surface area contributed by atoms with Gasteiger partial charge in [-0.2, -0.15) is 8.42 Å². The van der Waals surface area contributed by atoms with Gasteiger partial charge < -0.3 is 17.1 Å². The van der Waals surface area contributed by atoms with Crippen LogP contribution in [-0.4, -0.2) is 79.5 Å². The molecule has 1 N–H and O–H groups in total. The molecule has 9 nitrogen and oxygen atoms in total. The SMILES string of the molecule is C=C(C)C(=O)OCC(CCCC)(COC(=O)C(=C)C)C(=O)OCCCCCCS(=O)(=O)O.[H-].[H-].[Mg+2]. The van der Waals surface area contributed by atoms with E-state index in [2.05, 4.69) is 13.2 Å². The van der Waals surface area contributed by atoms with E-state index in [4.69, 9.17) is 18.8 Å². The summed E-state index contributed by atoms with van der Waals surface area (Å²) >= 11 is 0. The molecular weight excluding hydrogens is 465 g/mol. The minimum Gasteiger partial charge on any atom is -1.00 e. The van der Waals surface area contributed by atoms with Crippen molar-refractivity contribution in [2.75, 3.05) is 25.6 Å². The molecule has 11 heteroatoms. The Labute approximate surface area is 216 Å². The molecule has 0 aliphatic rings. The Morgan fingerprint density at radius 2 is 1.36 bits per heavy atom. The molecule has 0 spiro atoms. The molecule has 0 aromatic rings. The van der Waals surface area contributed by atoms with Crippen LogP contribution in [0.1, 0.15) is 68.6 Å². The quantitative estimate of drug-likeness (QED) is 0.0794. The van der Waals surface area contributed by atoms with E-state index in [0.29, 0.717) is 32.1 Å². The van der Waals surface area contributed by atoms with Crippen LogP contribution in [0.25, 0.3) is 0 Å². The van der Waals surface area contributed by atoms with E-state index >= 15 is 0 Å². The first-order valence-corrected chi connectivity index (χ1v) is 12.2. The zero-order valence-corrected chi connectivity index (χ0v) is 22.3. The van der Waals surface area contributed by atoms with Gasteiger partial charge in [-0.15, -0.1) is 0 Å². The summed E-state index contributed by atoms with van der Waals surface area (Å²) in [5, 5.41) is 0. The maximum Gasteiger partial charge on any atom is 2.00 e. The number of unbranched alkanes of at least 4 members (excludes halogenated alkanes) is 4. The van der Waals surface area contributed by atoms with Crippen LogP contribution in [0, 0.1) is 5.41 Å². The topological polar surface area (TPSA) is 133 Å². The van der Waals surface area contributed by atoms with Crippen LogP contribution in [0.5, 0.6) is 0 Å². The molecule has 0 fully saturated rings. The van der Waals surface area contributed by atoms with Crippen LogP contribution in [0.4, 0.5) is 0 Å². The van der Waals surface area contributed by atoms with Crippen molar-refractivity contribution in [3.63, 3.8) is 0 Å². The Morgan fingerprint density at radius 1 is 0.879 bits per heavy atom. The minimum absolute atomic E-state index is 0. The van der Waals surface area contributed by atoms with E-state index in [1.54, 1.807) is 0 Å². The molecule has 0 radical (unpaired) electrons. The summed E-state index contributed by atoms with van der Waals surface area (Å²) in [7, 11) is -3.98. The van der Waals surface area contributed by atoms with Gasteiger partial charge in [0.1, 0.15) is 18.6 Å². The van der Waals surface area contributed by atoms with E-state index in [1.165, 1.54) is 13.8 Å². The monoisotopic (exact) mass is 502 g/mol. The second-order valence-corrected chi connectivity index (χ2v) is 9.51. The number of carbonyl (C=O) groups excluding carboxylic acids is 3. The maximum atomic E-state index is 13.0. The second kappa shape index (κ2) is 17.1. The van der Waals surface area contributed by atoms with Gasteiger partial charge in [-0.3, -0.25) is 9.35 Å². The van der Waals surface area contributed by atoms with Gasteiger partial charge in [-0.05, 0) is 33.1 Å². The molecule has 0 saturated heterocycles. The molecule has 0 bridgehead atoms. The smallest absolute Gasteiger partial charge is 1.00 e. The van der Waals surface area contributed by atoms with E-state index in [1.807, 2.05) is 6.92 Å². The molecule has 0 unspecified atom stereocenters. The third kappa shape index (κ3) is 15.2. The first kappa shape index (κ1) is 33.7. The largest absolute Gasteiger partial charge is 2.00 e. The molecule has 0 aliphatic carbocycles. The summed E-state index contributed by atoms with van der Waals surface area (Å²) in [6, 6.07) is 0. The summed E-state index contributed by atoms with van der Waals surface area (Å²) in [4.78, 5) is 36.8. The van der Waals surface area contributed by atoms with Crippen molar-refractivity contribution in [1.82, 2.24) is 0 Å². The van der Waals surface area contributed by atoms with Gasteiger partial charge in [0.05, 0.1) is 12.4 Å². The molecule has 0 saturated carbocycles. The predicted octanol–water partition coefficient (Wildman–Crippen LogP) is 3.24. The van der Waals surface area contributed by atoms with E-state index in [-0.39, 0.29) is 69.0 Å². The molecule has 0 amide bonds. The Morgan fingerprint density at radius 3 is 1.79 bits per heavy atom. The fourth-order valence-corrected chi connectivity index (χ4v) is 3.20. The van der Waals surface area contributed by atoms with Gasteiger partial charge in [-0.1, -0.05) is 45.8 Å². The van der Waals surface area contributed by atoms with Gasteiger partial charge in [-0.25, -0.2) is 9.59 Å². The van der Waals surface area contributed by atoms with E-state index in [9.17, 15) is 22.8 Å². The Balaban J connectivity index is -0.00000160. The van der Waals surface area contributed by atoms with Crippen LogP contribution in [0.15, 0.2) is 24.3 Å². The number of carbonyl (C=O) groups is 3. The average molecular weight is 503 g/mol. The average Bonchev–Trinajstić information content (AvgIpc) is 2.70. The zero-order chi connectivity index (χ0) is 24.8. The molecule has 0 rings (SSSR count). The molecule has 0 atom stereocenters. The van der Waals surface area contributed by atoms with Crippen LogP contribution in [0.2, 0.25) is 0 Å². The Bertz CT molecular complexity index is 756. The molecular formula is C22H38MgO9S. The van der Waals surface area contributed by atoms with Crippen molar-refractivity contribution in [1.29, 1.82) is 0 Å². The predicted molar refractivity (Wildman–Crippen MR) is 127 cm³/mol. The summed E-state index contributed by atoms with van der Waals surface area (Å²) < 4.78 is 46.0. The number of hydrogen-bond donors (Lipinski definition) is 1. The van der Waals surface area contributed by atoms with Crippen molar-refractivity contribution in [2.45, 2.75) is 65.7 Å². The van der Waals surface area contributed by atoms with Crippen molar-refractivity contribution in [2.24, 2.45) is 5.41 Å². The number of rotatable bonds is 17. The summed E-state index contributed by atoms with van der Waals surface area (Å²) in [6.07, 6.45) is 3.58. The standard InChI is InChI=1S/C22H36O9S.Mg.2H/c1-6-7-12-22(15-30-19(23)17(2)3,16-31-20(24)18(4)5)21(25)29-13-10-8-9-11-14-32(26,27)28;;;/h2,4,6-16H2,1,3,5H3,(H,26,27,28);;;/q;+2;2*-1. The van der Waals surface area contributed by atoms with Crippen molar-refractivity contribution in [3.05, 3.63) is 24.3 Å². The number of esters is 3. The summed E-state index contributed by atoms with van der Waals surface area (Å²) in [5.41, 5.74) is -1.02. The van der Waals surface area contributed by atoms with E-state index < -0.39 is 33.4 Å². The van der Waals surface area contributed by atoms with Crippen LogP contribution in [-0.2, 0) is 38.7 Å². The Kier molecular flexibility index (Phi) is 17.4. The fourth-order valence-electron chi connectivity index (χ4n) is 2.63. The van der Waals surface area contributed by atoms with Gasteiger partial charge in [0, 0.05) is 11.1 Å². The van der Waals surface area contributed by atoms with Gasteiger partial charge in [0.15, 0.2) is 0 Å². The molecule has 0 aromatic heterocycles. The van der Waals surface area contributed by atoms with Crippen molar-refractivity contribution < 1.29 is 44.4 Å². The fraction of sp³-hybridized carbons (Fsp3) is 0.682. The van der Waals surface area contributed by atoms with Crippen LogP contribution >= 0.6 is 0 Å². The maximum absolute atomic E-state index is 13.0. The van der Waals surface area contributed by atoms with Gasteiger partial charge in [0.25, 0.3) is 10.1 Å². The normalized spacial score (nSPS) is 11.2. The molecule has 188 valence electrons. The first-order valence-electron chi connectivity index (χ1n) is 10.6. The Hall–Kier alpha value is -1.43. The second-order valence-electron chi connectivity index (χ2n) is 7.93. The summed E-state index contributed by atoms with van der Waals surface area (Å²) in [6.45, 7) is 11.4. The van der Waals surface area contributed by atoms with Crippen LogP contribution < -0.4 is 0 Å². The minimum atomic E-state index is -3.98. The van der Waals surface area contributed by atoms with Crippen LogP contribution in [0.3, 0.4) is 0 Å². The molecule has 33 heavy (non-hydrogen) atoms. The zero-order valence-electron chi connectivity index (χ0n) is 22.0. The summed E-state index contributed by atoms with van der Waals surface area (Å²) in [5.74, 6) is -2.28. The number of ether oxygens (including phenoxy) is 3. The third-order valence-corrected chi connectivity index (χ3v) is 5.43. The first-order chi connectivity index (χ1) is 14.8. The molecule has 0 heterocycles. The third-order valence-electron chi connectivity index (χ3n) is 4.63. The molecule has 0 aliphatic heterocycles. The van der Waals surface area contributed by atoms with Gasteiger partial charge in [0.2, 0.25) is 0 Å². The van der Waals surface area contributed by atoms with Crippen molar-refractivity contribution >= 4 is 51.1 Å². The number of hydrogen-bond acceptors (Lipinski definition) is 8. The van der Waals surface area contributed by atoms with E-state index in [0.717, 1.165) is 6.42 Å². The van der Waals surface area contributed by atoms with Crippen molar-refractivity contribution in [3.8, 4) is 0 Å².